The predicted octanol–water partition coefficient (Wildman–Crippen LogP) is 1.40. The lowest BCUT2D eigenvalue weighted by Crippen LogP contribution is -2.13. The van der Waals surface area contributed by atoms with Crippen LogP contribution < -0.4 is 0 Å². The molecule has 1 aromatic heterocycles. The third-order valence-electron chi connectivity index (χ3n) is 3.72. The molecule has 150 valence electrons. The first kappa shape index (κ1) is 22.7. The molecule has 8 nitrogen and oxygen atoms in total. The van der Waals surface area contributed by atoms with E-state index in [1.807, 2.05) is 6.20 Å². The van der Waals surface area contributed by atoms with Crippen molar-refractivity contribution in [3.05, 3.63) is 11.9 Å². The minimum absolute atomic E-state index is 0.165. The number of aromatic nitrogens is 3. The van der Waals surface area contributed by atoms with E-state index < -0.39 is 0 Å². The molecule has 0 aliphatic rings. The summed E-state index contributed by atoms with van der Waals surface area (Å²) in [7, 11) is 0. The van der Waals surface area contributed by atoms with Crippen molar-refractivity contribution in [2.45, 2.75) is 52.0 Å². The van der Waals surface area contributed by atoms with Gasteiger partial charge >= 0.3 is 0 Å². The van der Waals surface area contributed by atoms with Crippen LogP contribution in [-0.2, 0) is 32.0 Å². The quantitative estimate of drug-likeness (QED) is 0.390. The van der Waals surface area contributed by atoms with Crippen LogP contribution in [0.3, 0.4) is 0 Å². The molecular formula is C18H33N3O5. The van der Waals surface area contributed by atoms with Gasteiger partial charge < -0.3 is 19.3 Å². The van der Waals surface area contributed by atoms with Gasteiger partial charge in [0.25, 0.3) is 0 Å². The lowest BCUT2D eigenvalue weighted by atomic mass is 10.1. The van der Waals surface area contributed by atoms with E-state index in [-0.39, 0.29) is 12.4 Å². The van der Waals surface area contributed by atoms with Crippen molar-refractivity contribution in [1.82, 2.24) is 15.0 Å². The number of unbranched alkanes of at least 4 members (excludes halogenated alkanes) is 1. The van der Waals surface area contributed by atoms with E-state index in [0.29, 0.717) is 65.4 Å². The Bertz CT molecular complexity index is 467. The van der Waals surface area contributed by atoms with Gasteiger partial charge in [0.05, 0.1) is 51.9 Å². The number of aliphatic hydroxyl groups is 1. The van der Waals surface area contributed by atoms with E-state index in [1.165, 1.54) is 0 Å². The van der Waals surface area contributed by atoms with E-state index in [1.54, 1.807) is 4.68 Å². The van der Waals surface area contributed by atoms with Crippen LogP contribution in [0.2, 0.25) is 0 Å². The van der Waals surface area contributed by atoms with Gasteiger partial charge in [0.1, 0.15) is 5.78 Å². The monoisotopic (exact) mass is 371 g/mol. The highest BCUT2D eigenvalue weighted by atomic mass is 16.5. The number of rotatable bonds is 18. The van der Waals surface area contributed by atoms with E-state index in [0.717, 1.165) is 25.0 Å². The Morgan fingerprint density at radius 3 is 2.42 bits per heavy atom. The van der Waals surface area contributed by atoms with Crippen LogP contribution in [0.5, 0.6) is 0 Å². The summed E-state index contributed by atoms with van der Waals surface area (Å²) < 4.78 is 18.0. The van der Waals surface area contributed by atoms with E-state index in [2.05, 4.69) is 17.2 Å². The highest BCUT2D eigenvalue weighted by Crippen LogP contribution is 1.99. The number of ketones is 1. The zero-order chi connectivity index (χ0) is 18.9. The summed E-state index contributed by atoms with van der Waals surface area (Å²) in [6.45, 7) is 5.93. The maximum atomic E-state index is 11.4. The molecule has 0 unspecified atom stereocenters. The molecule has 0 fully saturated rings. The van der Waals surface area contributed by atoms with Gasteiger partial charge in [-0.15, -0.1) is 5.10 Å². The molecule has 1 N–H and O–H groups in total. The van der Waals surface area contributed by atoms with Crippen LogP contribution in [0.15, 0.2) is 6.20 Å². The van der Waals surface area contributed by atoms with Crippen molar-refractivity contribution in [2.24, 2.45) is 0 Å². The molecule has 1 heterocycles. The number of hydrogen-bond acceptors (Lipinski definition) is 7. The summed E-state index contributed by atoms with van der Waals surface area (Å²) in [6, 6.07) is 0. The molecule has 1 rings (SSSR count). The fourth-order valence-corrected chi connectivity index (χ4v) is 2.21. The highest BCUT2D eigenvalue weighted by molar-refractivity contribution is 5.78. The Kier molecular flexibility index (Phi) is 13.8. The summed E-state index contributed by atoms with van der Waals surface area (Å²) in [4.78, 5) is 11.4. The molecule has 0 radical (unpaired) electrons. The van der Waals surface area contributed by atoms with Gasteiger partial charge in [-0.25, -0.2) is 4.68 Å². The molecule has 0 aromatic carbocycles. The van der Waals surface area contributed by atoms with Crippen LogP contribution in [0.25, 0.3) is 0 Å². The Labute approximate surface area is 155 Å². The summed E-state index contributed by atoms with van der Waals surface area (Å²) >= 11 is 0. The third-order valence-corrected chi connectivity index (χ3v) is 3.72. The van der Waals surface area contributed by atoms with Crippen molar-refractivity contribution < 1.29 is 24.1 Å². The number of hydrogen-bond donors (Lipinski definition) is 1. The summed E-state index contributed by atoms with van der Waals surface area (Å²) in [5.74, 6) is 0.272. The zero-order valence-electron chi connectivity index (χ0n) is 15.9. The average Bonchev–Trinajstić information content (AvgIpc) is 3.10. The summed E-state index contributed by atoms with van der Waals surface area (Å²) in [5.41, 5.74) is 0.884. The number of nitrogens with zero attached hydrogens (tertiary/aromatic N) is 3. The SMILES string of the molecule is CCCCC(=O)CCOCCOCCOCCn1cc(CCCO)nn1. The van der Waals surface area contributed by atoms with Gasteiger partial charge in [-0.3, -0.25) is 4.79 Å². The maximum absolute atomic E-state index is 11.4. The first-order valence-electron chi connectivity index (χ1n) is 9.51. The van der Waals surface area contributed by atoms with Crippen molar-refractivity contribution in [3.8, 4) is 0 Å². The fourth-order valence-electron chi connectivity index (χ4n) is 2.21. The number of aliphatic hydroxyl groups excluding tert-OH is 1. The number of carbonyl (C=O) groups excluding carboxylic acids is 1. The van der Waals surface area contributed by atoms with Crippen LogP contribution in [0, 0.1) is 0 Å². The number of Topliss-reactive ketones (excluding diaryl/α,β-unsaturated/α-hetero) is 1. The van der Waals surface area contributed by atoms with Crippen molar-refractivity contribution in [1.29, 1.82) is 0 Å². The van der Waals surface area contributed by atoms with Gasteiger partial charge in [-0.2, -0.15) is 0 Å². The molecule has 0 saturated heterocycles. The minimum atomic E-state index is 0.165. The molecule has 0 saturated carbocycles. The van der Waals surface area contributed by atoms with Crippen LogP contribution in [0.1, 0.15) is 44.7 Å². The van der Waals surface area contributed by atoms with Gasteiger partial charge in [0.15, 0.2) is 0 Å². The molecule has 0 aliphatic carbocycles. The smallest absolute Gasteiger partial charge is 0.135 e. The van der Waals surface area contributed by atoms with E-state index >= 15 is 0 Å². The molecule has 8 heteroatoms. The highest BCUT2D eigenvalue weighted by Gasteiger charge is 2.01. The van der Waals surface area contributed by atoms with Crippen molar-refractivity contribution in [3.63, 3.8) is 0 Å². The van der Waals surface area contributed by atoms with Crippen LogP contribution >= 0.6 is 0 Å². The predicted molar refractivity (Wildman–Crippen MR) is 97.0 cm³/mol. The topological polar surface area (TPSA) is 95.7 Å². The second-order valence-electron chi connectivity index (χ2n) is 6.03. The van der Waals surface area contributed by atoms with Crippen molar-refractivity contribution in [2.75, 3.05) is 46.2 Å². The lowest BCUT2D eigenvalue weighted by Gasteiger charge is -2.06. The number of carbonyl (C=O) groups is 1. The largest absolute Gasteiger partial charge is 0.396 e. The molecule has 0 aliphatic heterocycles. The maximum Gasteiger partial charge on any atom is 0.135 e. The first-order chi connectivity index (χ1) is 12.8. The Morgan fingerprint density at radius 2 is 1.73 bits per heavy atom. The van der Waals surface area contributed by atoms with Gasteiger partial charge in [-0.1, -0.05) is 18.6 Å². The molecular weight excluding hydrogens is 338 g/mol. The Balaban J connectivity index is 1.85. The molecule has 26 heavy (non-hydrogen) atoms. The second kappa shape index (κ2) is 15.9. The Hall–Kier alpha value is -1.35. The molecule has 0 bridgehead atoms. The van der Waals surface area contributed by atoms with Gasteiger partial charge in [-0.05, 0) is 19.3 Å². The molecule has 0 spiro atoms. The molecule has 1 aromatic rings. The Morgan fingerprint density at radius 1 is 1.04 bits per heavy atom. The van der Waals surface area contributed by atoms with Crippen LogP contribution in [-0.4, -0.2) is 72.1 Å². The van der Waals surface area contributed by atoms with E-state index in [4.69, 9.17) is 19.3 Å². The number of ether oxygens (including phenoxy) is 3. The molecule has 0 atom stereocenters. The first-order valence-corrected chi connectivity index (χ1v) is 9.51. The standard InChI is InChI=1S/C18H33N3O5/c1-2-3-6-18(23)7-10-24-12-14-26-15-13-25-11-8-21-16-17(19-20-21)5-4-9-22/h16,22H,2-15H2,1H3. The molecule has 0 amide bonds. The summed E-state index contributed by atoms with van der Waals surface area (Å²) in [5, 5.41) is 16.8. The normalized spacial score (nSPS) is 11.2. The zero-order valence-corrected chi connectivity index (χ0v) is 15.9. The number of aryl methyl sites for hydroxylation is 1. The summed E-state index contributed by atoms with van der Waals surface area (Å²) in [6.07, 6.45) is 6.47. The van der Waals surface area contributed by atoms with Gasteiger partial charge in [0, 0.05) is 25.6 Å². The van der Waals surface area contributed by atoms with E-state index in [9.17, 15) is 4.79 Å². The fraction of sp³-hybridized carbons (Fsp3) is 0.833. The minimum Gasteiger partial charge on any atom is -0.396 e. The van der Waals surface area contributed by atoms with Crippen LogP contribution in [0.4, 0.5) is 0 Å². The van der Waals surface area contributed by atoms with Gasteiger partial charge in [0.2, 0.25) is 0 Å². The third kappa shape index (κ3) is 12.1. The second-order valence-corrected chi connectivity index (χ2v) is 6.03. The average molecular weight is 371 g/mol. The lowest BCUT2D eigenvalue weighted by molar-refractivity contribution is -0.120. The van der Waals surface area contributed by atoms with Crippen molar-refractivity contribution >= 4 is 5.78 Å².